The van der Waals surface area contributed by atoms with Crippen molar-refractivity contribution in [3.63, 3.8) is 0 Å². The molecule has 2 aliphatic carbocycles. The normalized spacial score (nSPS) is 52.8. The molecule has 2 unspecified atom stereocenters. The first kappa shape index (κ1) is 8.25. The molecule has 0 aromatic carbocycles. The van der Waals surface area contributed by atoms with E-state index >= 15 is 0 Å². The Balaban J connectivity index is 1.83. The summed E-state index contributed by atoms with van der Waals surface area (Å²) in [6.45, 7) is 3.23. The molecule has 0 spiro atoms. The van der Waals surface area contributed by atoms with Crippen LogP contribution in [0.4, 0.5) is 0 Å². The maximum Gasteiger partial charge on any atom is 0.120 e. The van der Waals surface area contributed by atoms with E-state index in [1.54, 1.807) is 0 Å². The largest absolute Gasteiger partial charge is 0.357 e. The Morgan fingerprint density at radius 3 is 2.46 bits per heavy atom. The van der Waals surface area contributed by atoms with Crippen LogP contribution in [0.25, 0.3) is 0 Å². The van der Waals surface area contributed by atoms with Gasteiger partial charge in [-0.1, -0.05) is 6.92 Å². The third-order valence-electron chi connectivity index (χ3n) is 3.99. The summed E-state index contributed by atoms with van der Waals surface area (Å²) in [7, 11) is 0. The summed E-state index contributed by atoms with van der Waals surface area (Å²) in [6.07, 6.45) is 7.28. The first-order chi connectivity index (χ1) is 6.30. The van der Waals surface area contributed by atoms with Gasteiger partial charge in [-0.3, -0.25) is 5.32 Å². The molecule has 0 amide bonds. The predicted octanol–water partition coefficient (Wildman–Crippen LogP) is 1.90. The second kappa shape index (κ2) is 2.71. The fourth-order valence-electron chi connectivity index (χ4n) is 3.87. The number of nitrogens with one attached hydrogen (secondary N) is 1. The van der Waals surface area contributed by atoms with Crippen LogP contribution in [0, 0.1) is 11.8 Å². The highest BCUT2D eigenvalue weighted by Crippen LogP contribution is 2.51. The van der Waals surface area contributed by atoms with Gasteiger partial charge < -0.3 is 4.74 Å². The molecule has 0 radical (unpaired) electrons. The third-order valence-corrected chi connectivity index (χ3v) is 3.99. The van der Waals surface area contributed by atoms with E-state index in [4.69, 9.17) is 4.74 Å². The summed E-state index contributed by atoms with van der Waals surface area (Å²) in [6, 6.07) is 0. The van der Waals surface area contributed by atoms with Gasteiger partial charge in [-0.05, 0) is 50.5 Å². The van der Waals surface area contributed by atoms with Crippen molar-refractivity contribution in [2.24, 2.45) is 11.8 Å². The molecule has 0 aromatic heterocycles. The van der Waals surface area contributed by atoms with Crippen LogP contribution in [-0.2, 0) is 4.74 Å². The molecular weight excluding hydrogens is 162 g/mol. The smallest absolute Gasteiger partial charge is 0.120 e. The van der Waals surface area contributed by atoms with Crippen LogP contribution >= 0.6 is 0 Å². The summed E-state index contributed by atoms with van der Waals surface area (Å²) >= 11 is 0. The summed E-state index contributed by atoms with van der Waals surface area (Å²) in [4.78, 5) is 0. The Labute approximate surface area is 80.0 Å². The van der Waals surface area contributed by atoms with Crippen molar-refractivity contribution in [3.8, 4) is 0 Å². The lowest BCUT2D eigenvalue weighted by Gasteiger charge is -2.56. The van der Waals surface area contributed by atoms with Crippen LogP contribution in [0.2, 0.25) is 0 Å². The molecule has 2 nitrogen and oxygen atoms in total. The molecule has 2 atom stereocenters. The maximum absolute atomic E-state index is 6.14. The van der Waals surface area contributed by atoms with E-state index in [2.05, 4.69) is 12.2 Å². The number of hydrogen-bond acceptors (Lipinski definition) is 2. The van der Waals surface area contributed by atoms with Gasteiger partial charge >= 0.3 is 0 Å². The Hall–Kier alpha value is -0.0800. The van der Waals surface area contributed by atoms with Gasteiger partial charge in [0, 0.05) is 0 Å². The Bertz CT molecular complexity index is 179. The summed E-state index contributed by atoms with van der Waals surface area (Å²) in [5.41, 5.74) is 0.101. The molecule has 74 valence electrons. The highest BCUT2D eigenvalue weighted by Gasteiger charge is 2.51. The lowest BCUT2D eigenvalue weighted by atomic mass is 9.65. The van der Waals surface area contributed by atoms with E-state index in [0.717, 1.165) is 18.4 Å². The SMILES string of the molecule is CCNC12CC3CC(CC(C3)O1)C2. The van der Waals surface area contributed by atoms with Crippen LogP contribution in [0.1, 0.15) is 39.0 Å². The van der Waals surface area contributed by atoms with Crippen molar-refractivity contribution in [2.45, 2.75) is 50.9 Å². The van der Waals surface area contributed by atoms with Gasteiger partial charge in [0.25, 0.3) is 0 Å². The summed E-state index contributed by atoms with van der Waals surface area (Å²) in [5.74, 6) is 1.93. The van der Waals surface area contributed by atoms with Crippen LogP contribution < -0.4 is 5.32 Å². The molecule has 4 fully saturated rings. The van der Waals surface area contributed by atoms with Crippen molar-refractivity contribution in [2.75, 3.05) is 6.54 Å². The lowest BCUT2D eigenvalue weighted by Crippen LogP contribution is -2.61. The van der Waals surface area contributed by atoms with Gasteiger partial charge in [-0.25, -0.2) is 0 Å². The molecule has 4 rings (SSSR count). The number of rotatable bonds is 2. The Kier molecular flexibility index (Phi) is 1.72. The van der Waals surface area contributed by atoms with Gasteiger partial charge in [0.2, 0.25) is 0 Å². The highest BCUT2D eigenvalue weighted by atomic mass is 16.5. The zero-order valence-corrected chi connectivity index (χ0v) is 8.38. The zero-order chi connectivity index (χ0) is 8.89. The Morgan fingerprint density at radius 1 is 1.23 bits per heavy atom. The van der Waals surface area contributed by atoms with Gasteiger partial charge in [-0.2, -0.15) is 0 Å². The standard InChI is InChI=1S/C11H19NO/c1-2-12-11-6-8-3-9(7-11)5-10(4-8)13-11/h8-10,12H,2-7H2,1H3. The monoisotopic (exact) mass is 181 g/mol. The molecule has 2 saturated carbocycles. The zero-order valence-electron chi connectivity index (χ0n) is 8.38. The third kappa shape index (κ3) is 1.23. The van der Waals surface area contributed by atoms with Crippen molar-refractivity contribution in [1.29, 1.82) is 0 Å². The maximum atomic E-state index is 6.14. The van der Waals surface area contributed by atoms with Crippen LogP contribution in [0.5, 0.6) is 0 Å². The van der Waals surface area contributed by atoms with Crippen LogP contribution in [0.3, 0.4) is 0 Å². The van der Waals surface area contributed by atoms with E-state index in [1.165, 1.54) is 32.1 Å². The minimum atomic E-state index is 0.101. The van der Waals surface area contributed by atoms with Crippen LogP contribution in [-0.4, -0.2) is 18.4 Å². The molecule has 2 saturated heterocycles. The molecule has 4 bridgehead atoms. The minimum Gasteiger partial charge on any atom is -0.357 e. The molecule has 2 heteroatoms. The lowest BCUT2D eigenvalue weighted by molar-refractivity contribution is -0.233. The van der Waals surface area contributed by atoms with E-state index in [0.29, 0.717) is 6.10 Å². The fraction of sp³-hybridized carbons (Fsp3) is 1.00. The summed E-state index contributed by atoms with van der Waals surface area (Å²) in [5, 5.41) is 3.57. The van der Waals surface area contributed by atoms with Crippen molar-refractivity contribution < 1.29 is 4.74 Å². The number of hydrogen-bond donors (Lipinski definition) is 1. The molecular formula is C11H19NO. The Morgan fingerprint density at radius 2 is 1.92 bits per heavy atom. The molecule has 13 heavy (non-hydrogen) atoms. The average molecular weight is 181 g/mol. The van der Waals surface area contributed by atoms with E-state index in [-0.39, 0.29) is 5.72 Å². The van der Waals surface area contributed by atoms with Crippen molar-refractivity contribution >= 4 is 0 Å². The second-order valence-electron chi connectivity index (χ2n) is 5.11. The first-order valence-electron chi connectivity index (χ1n) is 5.72. The fourth-order valence-corrected chi connectivity index (χ4v) is 3.87. The predicted molar refractivity (Wildman–Crippen MR) is 51.3 cm³/mol. The van der Waals surface area contributed by atoms with Gasteiger partial charge in [0.05, 0.1) is 6.10 Å². The summed E-state index contributed by atoms with van der Waals surface area (Å²) < 4.78 is 6.14. The molecule has 0 aromatic rings. The molecule has 2 heterocycles. The van der Waals surface area contributed by atoms with Crippen molar-refractivity contribution in [1.82, 2.24) is 5.32 Å². The van der Waals surface area contributed by atoms with Crippen molar-refractivity contribution in [3.05, 3.63) is 0 Å². The molecule has 4 aliphatic rings. The van der Waals surface area contributed by atoms with E-state index < -0.39 is 0 Å². The van der Waals surface area contributed by atoms with E-state index in [1.807, 2.05) is 0 Å². The van der Waals surface area contributed by atoms with Gasteiger partial charge in [-0.15, -0.1) is 0 Å². The second-order valence-corrected chi connectivity index (χ2v) is 5.11. The van der Waals surface area contributed by atoms with Crippen LogP contribution in [0.15, 0.2) is 0 Å². The first-order valence-corrected chi connectivity index (χ1v) is 5.72. The van der Waals surface area contributed by atoms with E-state index in [9.17, 15) is 0 Å². The molecule has 1 N–H and O–H groups in total. The average Bonchev–Trinajstić information content (AvgIpc) is 2.00. The highest BCUT2D eigenvalue weighted by molar-refractivity contribution is 5.00. The number of ether oxygens (including phenoxy) is 1. The quantitative estimate of drug-likeness (QED) is 0.702. The van der Waals surface area contributed by atoms with Gasteiger partial charge in [0.1, 0.15) is 5.72 Å². The topological polar surface area (TPSA) is 21.3 Å². The van der Waals surface area contributed by atoms with Gasteiger partial charge in [0.15, 0.2) is 0 Å². The molecule has 2 aliphatic heterocycles. The minimum absolute atomic E-state index is 0.101.